The van der Waals surface area contributed by atoms with E-state index in [0.717, 1.165) is 17.0 Å². The van der Waals surface area contributed by atoms with E-state index in [1.54, 1.807) is 30.2 Å². The maximum atomic E-state index is 12.8. The smallest absolute Gasteiger partial charge is 0.252 e. The Bertz CT molecular complexity index is 1170. The fourth-order valence-electron chi connectivity index (χ4n) is 3.11. The summed E-state index contributed by atoms with van der Waals surface area (Å²) in [6, 6.07) is 19.6. The van der Waals surface area contributed by atoms with E-state index in [2.05, 4.69) is 41.5 Å². The highest BCUT2D eigenvalue weighted by molar-refractivity contribution is 7.98. The first-order valence-corrected chi connectivity index (χ1v) is 11.0. The zero-order valence-corrected chi connectivity index (χ0v) is 18.3. The number of carbonyl (C=O) groups excluding carboxylic acids is 1. The number of rotatable bonds is 7. The molecule has 6 heteroatoms. The largest absolute Gasteiger partial charge is 0.441 e. The third kappa shape index (κ3) is 5.22. The van der Waals surface area contributed by atoms with Crippen LogP contribution in [0.4, 0.5) is 0 Å². The van der Waals surface area contributed by atoms with Crippen molar-refractivity contribution in [1.29, 1.82) is 0 Å². The normalized spacial score (nSPS) is 10.8. The summed E-state index contributed by atoms with van der Waals surface area (Å²) < 4.78 is 5.95. The molecule has 1 amide bonds. The maximum absolute atomic E-state index is 12.8. The van der Waals surface area contributed by atoms with Crippen molar-refractivity contribution in [2.45, 2.75) is 31.0 Å². The van der Waals surface area contributed by atoms with Crippen LogP contribution >= 0.6 is 11.8 Å². The van der Waals surface area contributed by atoms with Crippen molar-refractivity contribution < 1.29 is 9.21 Å². The van der Waals surface area contributed by atoms with E-state index in [9.17, 15) is 4.79 Å². The number of nitrogens with zero attached hydrogens (tertiary/aromatic N) is 2. The van der Waals surface area contributed by atoms with Crippen molar-refractivity contribution in [3.63, 3.8) is 0 Å². The fourth-order valence-corrected chi connectivity index (χ4v) is 4.01. The van der Waals surface area contributed by atoms with Crippen molar-refractivity contribution in [3.05, 3.63) is 101 Å². The lowest BCUT2D eigenvalue weighted by Crippen LogP contribution is -2.23. The quantitative estimate of drug-likeness (QED) is 0.389. The van der Waals surface area contributed by atoms with Gasteiger partial charge in [-0.05, 0) is 49.7 Å². The molecule has 5 nitrogen and oxygen atoms in total. The number of aryl methyl sites for hydroxylation is 2. The van der Waals surface area contributed by atoms with E-state index < -0.39 is 0 Å². The molecule has 0 atom stereocenters. The Kier molecular flexibility index (Phi) is 6.48. The van der Waals surface area contributed by atoms with E-state index in [0.29, 0.717) is 29.3 Å². The number of amides is 1. The van der Waals surface area contributed by atoms with Crippen molar-refractivity contribution in [3.8, 4) is 11.5 Å². The monoisotopic (exact) mass is 429 g/mol. The molecule has 0 aliphatic carbocycles. The van der Waals surface area contributed by atoms with Crippen molar-refractivity contribution in [2.75, 3.05) is 0 Å². The minimum Gasteiger partial charge on any atom is -0.441 e. The topological polar surface area (TPSA) is 68.0 Å². The summed E-state index contributed by atoms with van der Waals surface area (Å²) in [4.78, 5) is 22.8. The number of hydrogen-bond donors (Lipinski definition) is 1. The van der Waals surface area contributed by atoms with Crippen molar-refractivity contribution >= 4 is 17.7 Å². The molecule has 1 N–H and O–H groups in total. The molecule has 2 heterocycles. The van der Waals surface area contributed by atoms with Crippen LogP contribution in [0.15, 0.2) is 82.4 Å². The summed E-state index contributed by atoms with van der Waals surface area (Å²) in [6.07, 6.45) is 3.45. The summed E-state index contributed by atoms with van der Waals surface area (Å²) in [5.74, 6) is 1.75. The molecule has 4 rings (SSSR count). The number of aromatic nitrogens is 2. The second-order valence-electron chi connectivity index (χ2n) is 7.21. The highest BCUT2D eigenvalue weighted by Crippen LogP contribution is 2.29. The standard InChI is InChI=1S/C25H23N3O2S/c1-17-9-11-20(12-10-17)31-16-23-18(2)30-25(28-23)22-8-4-3-7-21(22)24(29)27-15-19-6-5-13-26-14-19/h3-14H,15-16H2,1-2H3,(H,27,29). The second-order valence-corrected chi connectivity index (χ2v) is 8.26. The van der Waals surface area contributed by atoms with Gasteiger partial charge in [0.1, 0.15) is 5.76 Å². The minimum absolute atomic E-state index is 0.175. The predicted molar refractivity (Wildman–Crippen MR) is 123 cm³/mol. The molecule has 0 saturated heterocycles. The highest BCUT2D eigenvalue weighted by atomic mass is 32.2. The van der Waals surface area contributed by atoms with Crippen LogP contribution in [0, 0.1) is 13.8 Å². The lowest BCUT2D eigenvalue weighted by atomic mass is 10.1. The summed E-state index contributed by atoms with van der Waals surface area (Å²) in [7, 11) is 0. The van der Waals surface area contributed by atoms with Gasteiger partial charge in [-0.2, -0.15) is 0 Å². The van der Waals surface area contributed by atoms with E-state index >= 15 is 0 Å². The fraction of sp³-hybridized carbons (Fsp3) is 0.160. The molecule has 0 saturated carbocycles. The Morgan fingerprint density at radius 2 is 1.84 bits per heavy atom. The number of carbonyl (C=O) groups is 1. The molecule has 0 radical (unpaired) electrons. The van der Waals surface area contributed by atoms with Crippen LogP contribution in [0.25, 0.3) is 11.5 Å². The Balaban J connectivity index is 1.50. The molecule has 0 spiro atoms. The minimum atomic E-state index is -0.175. The van der Waals surface area contributed by atoms with E-state index in [1.165, 1.54) is 10.5 Å². The third-order valence-corrected chi connectivity index (χ3v) is 5.89. The van der Waals surface area contributed by atoms with E-state index in [4.69, 9.17) is 9.40 Å². The number of oxazole rings is 1. The average Bonchev–Trinajstić information content (AvgIpc) is 3.18. The summed E-state index contributed by atoms with van der Waals surface area (Å²) in [5, 5.41) is 2.95. The van der Waals surface area contributed by atoms with Gasteiger partial charge in [0.05, 0.1) is 11.3 Å². The molecule has 0 unspecified atom stereocenters. The lowest BCUT2D eigenvalue weighted by molar-refractivity contribution is 0.0951. The van der Waals surface area contributed by atoms with Crippen LogP contribution in [0.5, 0.6) is 0 Å². The van der Waals surface area contributed by atoms with Gasteiger partial charge < -0.3 is 9.73 Å². The van der Waals surface area contributed by atoms with Crippen molar-refractivity contribution in [1.82, 2.24) is 15.3 Å². The summed E-state index contributed by atoms with van der Waals surface area (Å²) in [6.45, 7) is 4.39. The summed E-state index contributed by atoms with van der Waals surface area (Å²) in [5.41, 5.74) is 4.27. The van der Waals surface area contributed by atoms with Crippen LogP contribution in [0.2, 0.25) is 0 Å². The van der Waals surface area contributed by atoms with Gasteiger partial charge in [0.15, 0.2) is 0 Å². The Hall–Kier alpha value is -3.38. The predicted octanol–water partition coefficient (Wildman–Crippen LogP) is 5.58. The molecular formula is C25H23N3O2S. The van der Waals surface area contributed by atoms with Gasteiger partial charge in [0.2, 0.25) is 5.89 Å². The van der Waals surface area contributed by atoms with Crippen LogP contribution in [0.3, 0.4) is 0 Å². The van der Waals surface area contributed by atoms with Gasteiger partial charge in [-0.1, -0.05) is 35.9 Å². The zero-order chi connectivity index (χ0) is 21.6. The van der Waals surface area contributed by atoms with Gasteiger partial charge in [-0.15, -0.1) is 11.8 Å². The Morgan fingerprint density at radius 3 is 2.61 bits per heavy atom. The van der Waals surface area contributed by atoms with E-state index in [-0.39, 0.29) is 5.91 Å². The van der Waals surface area contributed by atoms with Gasteiger partial charge in [-0.3, -0.25) is 9.78 Å². The Morgan fingerprint density at radius 1 is 1.03 bits per heavy atom. The van der Waals surface area contributed by atoms with Gasteiger partial charge in [0.25, 0.3) is 5.91 Å². The van der Waals surface area contributed by atoms with Crippen LogP contribution in [0.1, 0.15) is 32.9 Å². The molecule has 0 aliphatic rings. The molecular weight excluding hydrogens is 406 g/mol. The number of benzene rings is 2. The molecule has 0 fully saturated rings. The van der Waals surface area contributed by atoms with E-state index in [1.807, 2.05) is 37.3 Å². The first-order chi connectivity index (χ1) is 15.1. The Labute approximate surface area is 185 Å². The molecule has 4 aromatic rings. The van der Waals surface area contributed by atoms with Gasteiger partial charge in [-0.25, -0.2) is 4.98 Å². The van der Waals surface area contributed by atoms with Gasteiger partial charge in [0, 0.05) is 35.2 Å². The molecule has 2 aromatic heterocycles. The lowest BCUT2D eigenvalue weighted by Gasteiger charge is -2.08. The van der Waals surface area contributed by atoms with Crippen LogP contribution in [-0.2, 0) is 12.3 Å². The molecule has 2 aromatic carbocycles. The molecule has 0 bridgehead atoms. The third-order valence-electron chi connectivity index (χ3n) is 4.87. The molecule has 0 aliphatic heterocycles. The number of nitrogens with one attached hydrogen (secondary N) is 1. The number of pyridine rings is 1. The zero-order valence-electron chi connectivity index (χ0n) is 17.5. The first-order valence-electron chi connectivity index (χ1n) is 10.0. The van der Waals surface area contributed by atoms with Crippen molar-refractivity contribution in [2.24, 2.45) is 0 Å². The van der Waals surface area contributed by atoms with Crippen LogP contribution < -0.4 is 5.32 Å². The molecule has 156 valence electrons. The average molecular weight is 430 g/mol. The second kappa shape index (κ2) is 9.62. The SMILES string of the molecule is Cc1ccc(SCc2nc(-c3ccccc3C(=O)NCc3cccnc3)oc2C)cc1. The summed E-state index contributed by atoms with van der Waals surface area (Å²) >= 11 is 1.71. The first kappa shape index (κ1) is 20.9. The highest BCUT2D eigenvalue weighted by Gasteiger charge is 2.18. The number of hydrogen-bond acceptors (Lipinski definition) is 5. The maximum Gasteiger partial charge on any atom is 0.252 e. The van der Waals surface area contributed by atoms with Crippen LogP contribution in [-0.4, -0.2) is 15.9 Å². The molecule has 31 heavy (non-hydrogen) atoms. The van der Waals surface area contributed by atoms with Gasteiger partial charge >= 0.3 is 0 Å². The number of thioether (sulfide) groups is 1.